The Morgan fingerprint density at radius 3 is 2.80 bits per heavy atom. The van der Waals surface area contributed by atoms with Crippen LogP contribution < -0.4 is 15.4 Å². The number of alkyl halides is 3. The van der Waals surface area contributed by atoms with E-state index < -0.39 is 42.1 Å². The molecule has 3 aromatic rings. The highest BCUT2D eigenvalue weighted by molar-refractivity contribution is 6.03. The van der Waals surface area contributed by atoms with Crippen LogP contribution in [0.25, 0.3) is 5.65 Å². The summed E-state index contributed by atoms with van der Waals surface area (Å²) in [4.78, 5) is 33.0. The smallest absolute Gasteiger partial charge is 0.280 e. The maximum atomic E-state index is 14.2. The van der Waals surface area contributed by atoms with Gasteiger partial charge in [0.25, 0.3) is 18.2 Å². The Balaban J connectivity index is 1.43. The molecule has 11 heteroatoms. The molecule has 4 heterocycles. The second-order valence-electron chi connectivity index (χ2n) is 8.86. The largest absolute Gasteiger partial charge is 0.489 e. The van der Waals surface area contributed by atoms with Gasteiger partial charge < -0.3 is 19.8 Å². The number of anilines is 1. The lowest BCUT2D eigenvalue weighted by atomic mass is 9.97. The molecule has 1 saturated carbocycles. The fourth-order valence-electron chi connectivity index (χ4n) is 4.31. The van der Waals surface area contributed by atoms with Crippen molar-refractivity contribution < 1.29 is 27.5 Å². The Kier molecular flexibility index (Phi) is 6.08. The summed E-state index contributed by atoms with van der Waals surface area (Å²) >= 11 is 0. The lowest BCUT2D eigenvalue weighted by Gasteiger charge is -2.20. The van der Waals surface area contributed by atoms with Crippen LogP contribution in [0.5, 0.6) is 5.75 Å². The molecule has 0 radical (unpaired) electrons. The minimum Gasteiger partial charge on any atom is -0.489 e. The molecule has 2 fully saturated rings. The monoisotopic (exact) mass is 487 g/mol. The third-order valence-corrected chi connectivity index (χ3v) is 6.40. The van der Waals surface area contributed by atoms with Gasteiger partial charge in [0.05, 0.1) is 11.7 Å². The van der Waals surface area contributed by atoms with Gasteiger partial charge in [-0.3, -0.25) is 9.59 Å². The summed E-state index contributed by atoms with van der Waals surface area (Å²) < 4.78 is 47.9. The molecule has 3 aromatic heterocycles. The number of carbonyl (C=O) groups is 2. The highest BCUT2D eigenvalue weighted by Gasteiger charge is 2.41. The number of rotatable bonds is 8. The lowest BCUT2D eigenvalue weighted by molar-refractivity contribution is -0.123. The Hall–Kier alpha value is -3.63. The van der Waals surface area contributed by atoms with Crippen molar-refractivity contribution in [3.8, 4) is 5.75 Å². The minimum atomic E-state index is -2.81. The third-order valence-electron chi connectivity index (χ3n) is 6.40. The molecule has 2 N–H and O–H groups in total. The van der Waals surface area contributed by atoms with Gasteiger partial charge in [-0.25, -0.2) is 23.1 Å². The fourth-order valence-corrected chi connectivity index (χ4v) is 4.31. The van der Waals surface area contributed by atoms with Gasteiger partial charge in [0, 0.05) is 30.3 Å². The van der Waals surface area contributed by atoms with Crippen molar-refractivity contribution in [2.24, 2.45) is 5.92 Å². The number of nitrogens with one attached hydrogen (secondary N) is 2. The molecule has 0 unspecified atom stereocenters. The number of imidazole rings is 1. The summed E-state index contributed by atoms with van der Waals surface area (Å²) in [5.74, 6) is -1.22. The molecular formula is C24H24F3N5O3. The van der Waals surface area contributed by atoms with E-state index >= 15 is 0 Å². The molecule has 0 aromatic carbocycles. The number of fused-ring (bicyclic) bond motifs is 1. The van der Waals surface area contributed by atoms with Crippen LogP contribution >= 0.6 is 0 Å². The van der Waals surface area contributed by atoms with Gasteiger partial charge in [-0.2, -0.15) is 0 Å². The quantitative estimate of drug-likeness (QED) is 0.500. The van der Waals surface area contributed by atoms with Crippen LogP contribution in [0.15, 0.2) is 36.7 Å². The number of ether oxygens (including phenoxy) is 1. The first kappa shape index (κ1) is 23.1. The van der Waals surface area contributed by atoms with E-state index in [0.29, 0.717) is 18.0 Å². The number of hydrogen-bond donors (Lipinski definition) is 2. The van der Waals surface area contributed by atoms with Gasteiger partial charge in [0.1, 0.15) is 35.1 Å². The molecule has 1 saturated heterocycles. The van der Waals surface area contributed by atoms with E-state index in [0.717, 1.165) is 24.6 Å². The normalized spacial score (nSPS) is 22.0. The number of hydrogen-bond acceptors (Lipinski definition) is 5. The highest BCUT2D eigenvalue weighted by atomic mass is 19.3. The molecule has 1 aliphatic heterocycles. The Labute approximate surface area is 198 Å². The summed E-state index contributed by atoms with van der Waals surface area (Å²) in [6.07, 6.45) is 1.67. The predicted octanol–water partition coefficient (Wildman–Crippen LogP) is 4.04. The standard InChI is InChI=1S/C24H24F3N5O3/c1-2-13-18(31-24(34)21(13)25)11-35-19-8-20-29-16(12-6-7-12)9-32(20)10-17(19)30-23(33)15-5-3-4-14(28-15)22(26)27/h3-5,8-10,12-13,18,21-22H,2,6-7,11H2,1H3,(H,30,33)(H,31,34)/t13-,18+,21-/m0/s1. The molecule has 3 atom stereocenters. The number of nitrogens with zero attached hydrogens (tertiary/aromatic N) is 3. The van der Waals surface area contributed by atoms with Crippen molar-refractivity contribution in [3.05, 3.63) is 53.7 Å². The maximum Gasteiger partial charge on any atom is 0.280 e. The van der Waals surface area contributed by atoms with Gasteiger partial charge in [-0.1, -0.05) is 13.0 Å². The van der Waals surface area contributed by atoms with E-state index in [2.05, 4.69) is 20.6 Å². The van der Waals surface area contributed by atoms with Gasteiger partial charge in [0.15, 0.2) is 6.17 Å². The second-order valence-corrected chi connectivity index (χ2v) is 8.86. The molecule has 5 rings (SSSR count). The summed E-state index contributed by atoms with van der Waals surface area (Å²) in [5.41, 5.74) is 1.12. The Morgan fingerprint density at radius 2 is 2.09 bits per heavy atom. The van der Waals surface area contributed by atoms with Crippen LogP contribution in [0.3, 0.4) is 0 Å². The van der Waals surface area contributed by atoms with Crippen LogP contribution in [-0.4, -0.2) is 45.0 Å². The number of aromatic nitrogens is 3. The van der Waals surface area contributed by atoms with E-state index in [1.165, 1.54) is 12.1 Å². The number of carbonyl (C=O) groups excluding carboxylic acids is 2. The molecule has 2 aliphatic rings. The van der Waals surface area contributed by atoms with E-state index in [1.54, 1.807) is 23.6 Å². The first-order chi connectivity index (χ1) is 16.8. The van der Waals surface area contributed by atoms with Gasteiger partial charge in [-0.15, -0.1) is 0 Å². The fraction of sp³-hybridized carbons (Fsp3) is 0.417. The topological polar surface area (TPSA) is 97.6 Å². The minimum absolute atomic E-state index is 0.0149. The first-order valence-corrected chi connectivity index (χ1v) is 11.5. The lowest BCUT2D eigenvalue weighted by Crippen LogP contribution is -2.35. The number of pyridine rings is 2. The molecule has 8 nitrogen and oxygen atoms in total. The zero-order chi connectivity index (χ0) is 24.7. The van der Waals surface area contributed by atoms with Crippen molar-refractivity contribution in [1.29, 1.82) is 0 Å². The molecule has 184 valence electrons. The zero-order valence-corrected chi connectivity index (χ0v) is 18.9. The van der Waals surface area contributed by atoms with Crippen molar-refractivity contribution >= 4 is 23.1 Å². The van der Waals surface area contributed by atoms with Crippen molar-refractivity contribution in [2.45, 2.75) is 50.7 Å². The third kappa shape index (κ3) is 4.67. The van der Waals surface area contributed by atoms with E-state index in [9.17, 15) is 22.8 Å². The number of halogens is 3. The zero-order valence-electron chi connectivity index (χ0n) is 18.9. The predicted molar refractivity (Wildman–Crippen MR) is 120 cm³/mol. The molecule has 35 heavy (non-hydrogen) atoms. The summed E-state index contributed by atoms with van der Waals surface area (Å²) in [5, 5.41) is 5.29. The molecule has 2 amide bonds. The second kappa shape index (κ2) is 9.20. The average molecular weight is 487 g/mol. The van der Waals surface area contributed by atoms with Crippen molar-refractivity contribution in [2.75, 3.05) is 11.9 Å². The first-order valence-electron chi connectivity index (χ1n) is 11.5. The van der Waals surface area contributed by atoms with Crippen molar-refractivity contribution in [3.63, 3.8) is 0 Å². The van der Waals surface area contributed by atoms with Crippen LogP contribution in [0.1, 0.15) is 60.4 Å². The number of amides is 2. The van der Waals surface area contributed by atoms with Crippen molar-refractivity contribution in [1.82, 2.24) is 19.7 Å². The molecule has 0 bridgehead atoms. The Morgan fingerprint density at radius 1 is 1.29 bits per heavy atom. The van der Waals surface area contributed by atoms with E-state index in [1.807, 2.05) is 6.20 Å². The SMILES string of the molecule is CC[C@@H]1[C@H](F)C(=O)N[C@@H]1COc1cc2nc(C3CC3)cn2cc1NC(=O)c1cccc(C(F)F)n1. The highest BCUT2D eigenvalue weighted by Crippen LogP contribution is 2.40. The van der Waals surface area contributed by atoms with Gasteiger partial charge in [-0.05, 0) is 31.4 Å². The van der Waals surface area contributed by atoms with Gasteiger partial charge in [0.2, 0.25) is 0 Å². The van der Waals surface area contributed by atoms with Crippen LogP contribution in [0.4, 0.5) is 18.9 Å². The van der Waals surface area contributed by atoms with Crippen LogP contribution in [-0.2, 0) is 4.79 Å². The maximum absolute atomic E-state index is 14.2. The summed E-state index contributed by atoms with van der Waals surface area (Å²) in [7, 11) is 0. The van der Waals surface area contributed by atoms with Crippen LogP contribution in [0, 0.1) is 5.92 Å². The Bertz CT molecular complexity index is 1280. The van der Waals surface area contributed by atoms with Gasteiger partial charge >= 0.3 is 0 Å². The molecule has 0 spiro atoms. The summed E-state index contributed by atoms with van der Waals surface area (Å²) in [6.45, 7) is 1.78. The van der Waals surface area contributed by atoms with Crippen LogP contribution in [0.2, 0.25) is 0 Å². The molecule has 1 aliphatic carbocycles. The average Bonchev–Trinajstić information content (AvgIpc) is 3.56. The van der Waals surface area contributed by atoms with E-state index in [-0.39, 0.29) is 23.7 Å². The summed E-state index contributed by atoms with van der Waals surface area (Å²) in [6, 6.07) is 4.93. The van der Waals surface area contributed by atoms with E-state index in [4.69, 9.17) is 4.74 Å². The molecular weight excluding hydrogens is 463 g/mol.